The summed E-state index contributed by atoms with van der Waals surface area (Å²) in [6.07, 6.45) is -12.6. The number of para-hydroxylation sites is 1. The lowest BCUT2D eigenvalue weighted by atomic mass is 10.1. The average Bonchev–Trinajstić information content (AvgIpc) is 3.33. The normalized spacial score (nSPS) is 13.2. The molecule has 0 unspecified atom stereocenters. The van der Waals surface area contributed by atoms with Crippen LogP contribution in [0.25, 0.3) is 17.1 Å². The van der Waals surface area contributed by atoms with Crippen molar-refractivity contribution in [2.75, 3.05) is 0 Å². The molecule has 1 radical (unpaired) electrons. The summed E-state index contributed by atoms with van der Waals surface area (Å²) in [5.74, 6) is -0.556. The zero-order valence-electron chi connectivity index (χ0n) is 18.5. The Hall–Kier alpha value is -3.65. The highest BCUT2D eigenvalue weighted by atomic mass is 35.5. The van der Waals surface area contributed by atoms with E-state index in [1.807, 2.05) is 0 Å². The van der Waals surface area contributed by atoms with Gasteiger partial charge >= 0.3 is 18.0 Å². The van der Waals surface area contributed by atoms with Gasteiger partial charge in [0.05, 0.1) is 17.8 Å². The Labute approximate surface area is 209 Å². The molecule has 2 heterocycles. The molecule has 37 heavy (non-hydrogen) atoms. The van der Waals surface area contributed by atoms with Crippen molar-refractivity contribution in [3.8, 4) is 17.1 Å². The number of nitrogens with zero attached hydrogens (tertiary/aromatic N) is 6. The van der Waals surface area contributed by atoms with Crippen LogP contribution in [0.15, 0.2) is 53.3 Å². The van der Waals surface area contributed by atoms with Gasteiger partial charge in [-0.1, -0.05) is 23.7 Å². The zero-order valence-corrected chi connectivity index (χ0v) is 19.3. The van der Waals surface area contributed by atoms with E-state index in [1.54, 1.807) is 0 Å². The van der Waals surface area contributed by atoms with Crippen LogP contribution >= 0.6 is 11.6 Å². The van der Waals surface area contributed by atoms with Gasteiger partial charge < -0.3 is 5.11 Å². The lowest BCUT2D eigenvalue weighted by Crippen LogP contribution is -2.37. The molecule has 2 aromatic heterocycles. The third-order valence-corrected chi connectivity index (χ3v) is 5.46. The molecular weight excluding hydrogens is 530 g/mol. The Morgan fingerprint density at radius 2 is 1.65 bits per heavy atom. The Balaban J connectivity index is 1.75. The van der Waals surface area contributed by atoms with Crippen molar-refractivity contribution in [2.45, 2.75) is 31.5 Å². The van der Waals surface area contributed by atoms with E-state index in [0.717, 1.165) is 21.5 Å². The van der Waals surface area contributed by atoms with Crippen molar-refractivity contribution in [1.29, 1.82) is 0 Å². The molecule has 15 heteroatoms. The summed E-state index contributed by atoms with van der Waals surface area (Å²) in [5, 5.41) is 18.0. The van der Waals surface area contributed by atoms with Crippen LogP contribution in [0, 0.1) is 6.92 Å². The minimum Gasteiger partial charge on any atom is -0.382 e. The molecule has 8 nitrogen and oxygen atoms in total. The van der Waals surface area contributed by atoms with Crippen LogP contribution in [0.4, 0.5) is 26.3 Å². The molecule has 4 aromatic rings. The smallest absolute Gasteiger partial charge is 0.382 e. The quantitative estimate of drug-likeness (QED) is 0.368. The molecule has 0 bridgehead atoms. The highest BCUT2D eigenvalue weighted by Gasteiger charge is 2.39. The van der Waals surface area contributed by atoms with Gasteiger partial charge in [-0.3, -0.25) is 4.57 Å². The zero-order chi connectivity index (χ0) is 27.1. The lowest BCUT2D eigenvalue weighted by molar-refractivity contribution is -0.207. The summed E-state index contributed by atoms with van der Waals surface area (Å²) in [5.41, 5.74) is -2.16. The van der Waals surface area contributed by atoms with Crippen molar-refractivity contribution in [3.05, 3.63) is 88.2 Å². The van der Waals surface area contributed by atoms with E-state index in [9.17, 15) is 36.2 Å². The first kappa shape index (κ1) is 26.4. The Morgan fingerprint density at radius 3 is 2.27 bits per heavy atom. The van der Waals surface area contributed by atoms with E-state index < -0.39 is 42.8 Å². The van der Waals surface area contributed by atoms with Crippen LogP contribution in [0.3, 0.4) is 0 Å². The largest absolute Gasteiger partial charge is 0.418 e. The van der Waals surface area contributed by atoms with Gasteiger partial charge in [0.15, 0.2) is 17.8 Å². The fourth-order valence-corrected chi connectivity index (χ4v) is 3.61. The number of hydrogen-bond donors (Lipinski definition) is 1. The van der Waals surface area contributed by atoms with Crippen LogP contribution in [-0.2, 0) is 19.3 Å². The van der Waals surface area contributed by atoms with E-state index >= 15 is 0 Å². The van der Waals surface area contributed by atoms with Gasteiger partial charge in [-0.2, -0.15) is 26.3 Å². The van der Waals surface area contributed by atoms with E-state index in [0.29, 0.717) is 9.59 Å². The molecule has 0 saturated carbocycles. The number of aliphatic hydroxyl groups is 1. The van der Waals surface area contributed by atoms with Gasteiger partial charge in [0.2, 0.25) is 0 Å². The first-order valence-electron chi connectivity index (χ1n) is 10.4. The lowest BCUT2D eigenvalue weighted by Gasteiger charge is -2.15. The minimum absolute atomic E-state index is 0.173. The van der Waals surface area contributed by atoms with Gasteiger partial charge in [-0.15, -0.1) is 10.2 Å². The molecule has 0 fully saturated rings. The summed E-state index contributed by atoms with van der Waals surface area (Å²) in [4.78, 5) is 17.0. The second-order valence-electron chi connectivity index (χ2n) is 7.81. The maximum Gasteiger partial charge on any atom is 0.418 e. The number of rotatable bonds is 6. The first-order valence-corrected chi connectivity index (χ1v) is 10.8. The number of aliphatic hydroxyl groups excluding tert-OH is 1. The Kier molecular flexibility index (Phi) is 6.90. The maximum absolute atomic E-state index is 13.4. The molecule has 0 amide bonds. The van der Waals surface area contributed by atoms with Gasteiger partial charge in [0, 0.05) is 17.5 Å². The number of alkyl halides is 6. The van der Waals surface area contributed by atoms with E-state index in [1.165, 1.54) is 36.4 Å². The summed E-state index contributed by atoms with van der Waals surface area (Å²) < 4.78 is 81.6. The van der Waals surface area contributed by atoms with E-state index in [-0.39, 0.29) is 28.7 Å². The van der Waals surface area contributed by atoms with Gasteiger partial charge in [-0.25, -0.2) is 19.1 Å². The molecular formula is C22H16ClF6N6O2. The number of hydrogen-bond acceptors (Lipinski definition) is 5. The van der Waals surface area contributed by atoms with E-state index in [2.05, 4.69) is 22.1 Å². The molecule has 0 aliphatic carbocycles. The van der Waals surface area contributed by atoms with Gasteiger partial charge in [0.1, 0.15) is 12.4 Å². The average molecular weight is 546 g/mol. The second-order valence-corrected chi connectivity index (χ2v) is 8.25. The molecule has 195 valence electrons. The minimum atomic E-state index is -5.01. The monoisotopic (exact) mass is 545 g/mol. The van der Waals surface area contributed by atoms with Crippen molar-refractivity contribution in [1.82, 2.24) is 29.1 Å². The van der Waals surface area contributed by atoms with E-state index in [4.69, 9.17) is 11.6 Å². The topological polar surface area (TPSA) is 90.8 Å². The molecule has 2 aromatic carbocycles. The van der Waals surface area contributed by atoms with Crippen molar-refractivity contribution in [2.24, 2.45) is 0 Å². The highest BCUT2D eigenvalue weighted by Crippen LogP contribution is 2.33. The van der Waals surface area contributed by atoms with Gasteiger partial charge in [-0.05, 0) is 36.4 Å². The summed E-state index contributed by atoms with van der Waals surface area (Å²) >= 11 is 5.86. The van der Waals surface area contributed by atoms with Crippen LogP contribution in [0.1, 0.15) is 17.2 Å². The maximum atomic E-state index is 13.4. The molecule has 0 spiro atoms. The van der Waals surface area contributed by atoms with Crippen LogP contribution < -0.4 is 5.69 Å². The summed E-state index contributed by atoms with van der Waals surface area (Å²) in [6, 6.07) is 10.3. The fourth-order valence-electron chi connectivity index (χ4n) is 3.48. The van der Waals surface area contributed by atoms with Crippen molar-refractivity contribution < 1.29 is 31.4 Å². The standard InChI is InChI=1S/C22H16ClF6N6O2/c1-12-30-18(31-35(12)16-5-3-2-4-15(16)21(24,25)26)11-34-20(37)33(10-17(36)22(27,28)29)19(32-34)13-6-8-14(23)9-7-13/h2-9,17,36H,1,10-11H2/t17-/m0/s1. The fraction of sp³-hybridized carbons (Fsp3) is 0.227. The van der Waals surface area contributed by atoms with Crippen LogP contribution in [-0.4, -0.2) is 46.5 Å². The molecule has 1 atom stereocenters. The van der Waals surface area contributed by atoms with Crippen LogP contribution in [0.5, 0.6) is 0 Å². The molecule has 0 aliphatic heterocycles. The highest BCUT2D eigenvalue weighted by molar-refractivity contribution is 6.30. The third kappa shape index (κ3) is 5.54. The molecule has 4 rings (SSSR count). The Morgan fingerprint density at radius 1 is 1.00 bits per heavy atom. The predicted molar refractivity (Wildman–Crippen MR) is 119 cm³/mol. The summed E-state index contributed by atoms with van der Waals surface area (Å²) in [6.45, 7) is 1.94. The Bertz CT molecular complexity index is 1470. The SMILES string of the molecule is [CH2]c1nc(Cn2nc(-c3ccc(Cl)cc3)n(C[C@H](O)C(F)(F)F)c2=O)nn1-c1ccccc1C(F)(F)F. The number of aromatic nitrogens is 6. The predicted octanol–water partition coefficient (Wildman–Crippen LogP) is 4.12. The van der Waals surface area contributed by atoms with Crippen molar-refractivity contribution in [3.63, 3.8) is 0 Å². The molecule has 0 saturated heterocycles. The number of benzene rings is 2. The second kappa shape index (κ2) is 9.67. The van der Waals surface area contributed by atoms with Crippen molar-refractivity contribution >= 4 is 11.6 Å². The van der Waals surface area contributed by atoms with Crippen LogP contribution in [0.2, 0.25) is 5.02 Å². The first-order chi connectivity index (χ1) is 17.3. The molecule has 1 N–H and O–H groups in total. The molecule has 0 aliphatic rings. The number of halogens is 7. The third-order valence-electron chi connectivity index (χ3n) is 5.21. The van der Waals surface area contributed by atoms with Gasteiger partial charge in [0.25, 0.3) is 0 Å². The summed E-state index contributed by atoms with van der Waals surface area (Å²) in [7, 11) is 0.